The van der Waals surface area contributed by atoms with Crippen LogP contribution < -0.4 is 5.48 Å². The first-order valence-electron chi connectivity index (χ1n) is 7.26. The largest absolute Gasteiger partial charge is 0.289 e. The van der Waals surface area contributed by atoms with Gasteiger partial charge in [-0.25, -0.2) is 19.8 Å². The Hall–Kier alpha value is -3.12. The number of carbonyl (C=O) groups is 1. The summed E-state index contributed by atoms with van der Waals surface area (Å²) in [6, 6.07) is 14.6. The molecule has 3 rings (SSSR count). The molecule has 0 radical (unpaired) electrons. The third-order valence-corrected chi connectivity index (χ3v) is 3.66. The fourth-order valence-electron chi connectivity index (χ4n) is 2.52. The van der Waals surface area contributed by atoms with Crippen molar-refractivity contribution in [3.8, 4) is 11.4 Å². The average Bonchev–Trinajstić information content (AvgIpc) is 2.64. The van der Waals surface area contributed by atoms with Crippen molar-refractivity contribution in [2.75, 3.05) is 0 Å². The molecular formula is C18H14FN3O2. The van der Waals surface area contributed by atoms with Gasteiger partial charge in [0.2, 0.25) is 0 Å². The number of nitrogens with one attached hydrogen (secondary N) is 1. The molecule has 0 spiro atoms. The molecule has 1 aromatic heterocycles. The van der Waals surface area contributed by atoms with Crippen LogP contribution in [-0.2, 0) is 4.79 Å². The summed E-state index contributed by atoms with van der Waals surface area (Å²) in [4.78, 5) is 20.4. The molecule has 3 aromatic rings. The van der Waals surface area contributed by atoms with Crippen LogP contribution in [0.15, 0.2) is 67.0 Å². The SMILES string of the molecule is O=C(NO)C(c1ccc(-c2ncccn2)cc1)c1ccccc1F. The molecule has 0 saturated heterocycles. The number of amides is 1. The molecule has 0 aliphatic carbocycles. The highest BCUT2D eigenvalue weighted by Crippen LogP contribution is 2.28. The van der Waals surface area contributed by atoms with E-state index in [1.54, 1.807) is 60.3 Å². The summed E-state index contributed by atoms with van der Waals surface area (Å²) in [5.41, 5.74) is 3.11. The van der Waals surface area contributed by atoms with Gasteiger partial charge in [0.25, 0.3) is 5.91 Å². The topological polar surface area (TPSA) is 75.1 Å². The van der Waals surface area contributed by atoms with Crippen molar-refractivity contribution in [3.05, 3.63) is 83.9 Å². The summed E-state index contributed by atoms with van der Waals surface area (Å²) < 4.78 is 14.1. The van der Waals surface area contributed by atoms with Crippen LogP contribution in [0.3, 0.4) is 0 Å². The zero-order valence-corrected chi connectivity index (χ0v) is 12.6. The van der Waals surface area contributed by atoms with Crippen LogP contribution in [0.2, 0.25) is 0 Å². The minimum atomic E-state index is -0.957. The van der Waals surface area contributed by atoms with Crippen LogP contribution in [0.4, 0.5) is 4.39 Å². The molecule has 24 heavy (non-hydrogen) atoms. The zero-order valence-electron chi connectivity index (χ0n) is 12.6. The Balaban J connectivity index is 2.00. The van der Waals surface area contributed by atoms with E-state index >= 15 is 0 Å². The van der Waals surface area contributed by atoms with Crippen molar-refractivity contribution in [2.45, 2.75) is 5.92 Å². The third kappa shape index (κ3) is 3.13. The van der Waals surface area contributed by atoms with E-state index in [0.29, 0.717) is 11.4 Å². The van der Waals surface area contributed by atoms with Gasteiger partial charge < -0.3 is 0 Å². The van der Waals surface area contributed by atoms with Crippen molar-refractivity contribution in [1.82, 2.24) is 15.4 Å². The Morgan fingerprint density at radius 2 is 1.67 bits per heavy atom. The summed E-state index contributed by atoms with van der Waals surface area (Å²) in [6.07, 6.45) is 3.27. The molecular weight excluding hydrogens is 309 g/mol. The molecule has 120 valence electrons. The first kappa shape index (κ1) is 15.8. The fraction of sp³-hybridized carbons (Fsp3) is 0.0556. The van der Waals surface area contributed by atoms with E-state index in [9.17, 15) is 9.18 Å². The van der Waals surface area contributed by atoms with Crippen molar-refractivity contribution in [1.29, 1.82) is 0 Å². The lowest BCUT2D eigenvalue weighted by Gasteiger charge is -2.16. The fourth-order valence-corrected chi connectivity index (χ4v) is 2.52. The van der Waals surface area contributed by atoms with E-state index in [-0.39, 0.29) is 5.56 Å². The lowest BCUT2D eigenvalue weighted by Crippen LogP contribution is -2.27. The highest BCUT2D eigenvalue weighted by molar-refractivity contribution is 5.86. The maximum Gasteiger partial charge on any atom is 0.255 e. The molecule has 0 aliphatic heterocycles. The second-order valence-electron chi connectivity index (χ2n) is 5.12. The summed E-state index contributed by atoms with van der Waals surface area (Å²) in [6.45, 7) is 0. The Kier molecular flexibility index (Phi) is 4.58. The van der Waals surface area contributed by atoms with Gasteiger partial charge in [-0.3, -0.25) is 10.0 Å². The smallest absolute Gasteiger partial charge is 0.255 e. The highest BCUT2D eigenvalue weighted by Gasteiger charge is 2.25. The summed E-state index contributed by atoms with van der Waals surface area (Å²) >= 11 is 0. The van der Waals surface area contributed by atoms with Crippen LogP contribution in [0, 0.1) is 5.82 Å². The number of halogens is 1. The summed E-state index contributed by atoms with van der Waals surface area (Å²) in [5.74, 6) is -1.62. The van der Waals surface area contributed by atoms with E-state index in [4.69, 9.17) is 5.21 Å². The van der Waals surface area contributed by atoms with Gasteiger partial charge in [-0.05, 0) is 17.7 Å². The molecule has 1 atom stereocenters. The van der Waals surface area contributed by atoms with Crippen molar-refractivity contribution in [3.63, 3.8) is 0 Å². The summed E-state index contributed by atoms with van der Waals surface area (Å²) in [5, 5.41) is 9.01. The normalized spacial score (nSPS) is 11.8. The number of aromatic nitrogens is 2. The molecule has 2 aromatic carbocycles. The minimum Gasteiger partial charge on any atom is -0.289 e. The number of rotatable bonds is 4. The molecule has 2 N–H and O–H groups in total. The zero-order chi connectivity index (χ0) is 16.9. The Morgan fingerprint density at radius 3 is 2.29 bits per heavy atom. The van der Waals surface area contributed by atoms with Gasteiger partial charge in [-0.2, -0.15) is 0 Å². The van der Waals surface area contributed by atoms with E-state index in [1.165, 1.54) is 12.1 Å². The van der Waals surface area contributed by atoms with E-state index in [2.05, 4.69) is 9.97 Å². The summed E-state index contributed by atoms with van der Waals surface area (Å²) in [7, 11) is 0. The number of benzene rings is 2. The lowest BCUT2D eigenvalue weighted by atomic mass is 9.89. The highest BCUT2D eigenvalue weighted by atomic mass is 19.1. The number of hydrogen-bond acceptors (Lipinski definition) is 4. The number of hydroxylamine groups is 1. The lowest BCUT2D eigenvalue weighted by molar-refractivity contribution is -0.129. The second kappa shape index (κ2) is 6.97. The quantitative estimate of drug-likeness (QED) is 0.572. The van der Waals surface area contributed by atoms with Crippen LogP contribution in [-0.4, -0.2) is 21.1 Å². The van der Waals surface area contributed by atoms with E-state index < -0.39 is 17.6 Å². The molecule has 5 nitrogen and oxygen atoms in total. The van der Waals surface area contributed by atoms with Gasteiger partial charge in [0, 0.05) is 23.5 Å². The van der Waals surface area contributed by atoms with Gasteiger partial charge in [0.05, 0.1) is 5.92 Å². The molecule has 0 saturated carbocycles. The van der Waals surface area contributed by atoms with Crippen LogP contribution >= 0.6 is 0 Å². The molecule has 1 unspecified atom stereocenters. The second-order valence-corrected chi connectivity index (χ2v) is 5.12. The van der Waals surface area contributed by atoms with Gasteiger partial charge in [0.1, 0.15) is 5.82 Å². The van der Waals surface area contributed by atoms with Crippen LogP contribution in [0.1, 0.15) is 17.0 Å². The molecule has 1 heterocycles. The van der Waals surface area contributed by atoms with Crippen molar-refractivity contribution >= 4 is 5.91 Å². The molecule has 1 amide bonds. The van der Waals surface area contributed by atoms with Crippen molar-refractivity contribution in [2.24, 2.45) is 0 Å². The molecule has 0 fully saturated rings. The first-order chi connectivity index (χ1) is 11.7. The predicted octanol–water partition coefficient (Wildman–Crippen LogP) is 2.92. The van der Waals surface area contributed by atoms with Gasteiger partial charge in [0.15, 0.2) is 5.82 Å². The number of hydrogen-bond donors (Lipinski definition) is 2. The third-order valence-electron chi connectivity index (χ3n) is 3.66. The molecule has 6 heteroatoms. The van der Waals surface area contributed by atoms with Crippen LogP contribution in [0.5, 0.6) is 0 Å². The van der Waals surface area contributed by atoms with Crippen molar-refractivity contribution < 1.29 is 14.4 Å². The average molecular weight is 323 g/mol. The monoisotopic (exact) mass is 323 g/mol. The predicted molar refractivity (Wildman–Crippen MR) is 85.6 cm³/mol. The Morgan fingerprint density at radius 1 is 1.00 bits per heavy atom. The Labute approximate surface area is 137 Å². The number of nitrogens with zero attached hydrogens (tertiary/aromatic N) is 2. The van der Waals surface area contributed by atoms with Crippen LogP contribution in [0.25, 0.3) is 11.4 Å². The first-order valence-corrected chi connectivity index (χ1v) is 7.26. The van der Waals surface area contributed by atoms with Gasteiger partial charge in [-0.15, -0.1) is 0 Å². The number of carbonyl (C=O) groups excluding carboxylic acids is 1. The molecule has 0 aliphatic rings. The maximum atomic E-state index is 14.1. The standard InChI is InChI=1S/C18H14FN3O2/c19-15-5-2-1-4-14(15)16(18(23)22-24)12-6-8-13(9-7-12)17-20-10-3-11-21-17/h1-11,16,24H,(H,22,23). The Bertz CT molecular complexity index is 838. The van der Waals surface area contributed by atoms with E-state index in [1.807, 2.05) is 0 Å². The molecule has 0 bridgehead atoms. The van der Waals surface area contributed by atoms with Gasteiger partial charge in [-0.1, -0.05) is 42.5 Å². The minimum absolute atomic E-state index is 0.188. The van der Waals surface area contributed by atoms with E-state index in [0.717, 1.165) is 5.56 Å². The maximum absolute atomic E-state index is 14.1. The van der Waals surface area contributed by atoms with Gasteiger partial charge >= 0.3 is 0 Å².